The third-order valence-electron chi connectivity index (χ3n) is 8.08. The topological polar surface area (TPSA) is 137 Å². The molecule has 1 saturated carbocycles. The normalized spacial score (nSPS) is 14.8. The maximum atomic E-state index is 13.9. The number of nitrogens with zero attached hydrogens (tertiary/aromatic N) is 1. The number of alkyl halides is 6. The fourth-order valence-electron chi connectivity index (χ4n) is 5.54. The first-order valence-corrected chi connectivity index (χ1v) is 16.5. The number of benzene rings is 2. The molecule has 2 aromatic rings. The molecule has 51 heavy (non-hydrogen) atoms. The Bertz CT molecular complexity index is 1510. The van der Waals surface area contributed by atoms with Gasteiger partial charge in [-0.1, -0.05) is 36.9 Å². The number of phenolic OH excluding ortho intramolecular Hbond substituents is 1. The molecule has 0 radical (unpaired) electrons. The van der Waals surface area contributed by atoms with E-state index in [9.17, 15) is 55.0 Å². The van der Waals surface area contributed by atoms with Gasteiger partial charge in [0.1, 0.15) is 17.3 Å². The van der Waals surface area contributed by atoms with Gasteiger partial charge in [-0.15, -0.1) is 0 Å². The summed E-state index contributed by atoms with van der Waals surface area (Å²) in [6.07, 6.45) is -4.38. The maximum Gasteiger partial charge on any atom is 0.458 e. The van der Waals surface area contributed by atoms with E-state index in [0.717, 1.165) is 31.2 Å². The van der Waals surface area contributed by atoms with Crippen molar-refractivity contribution in [1.82, 2.24) is 15.5 Å². The molecule has 0 atom stereocenters. The number of amides is 2. The standard InChI is InChI=1S/C29H38ClFN4O4.C4F6O2/c30-22-7-8-24(31)21(18-22)11-14-32-15-12-27(38)35(23-4-2-1-3-5-23)17-16-33-13-10-20-6-9-25(36)28-29(20)39-19-26(37)34-28;5-3(6,7)1(11)2(12)4(8,9)10/h6-9,18,23,32-33,36H,1-5,10-17,19H2,(H,34,37);. The highest BCUT2D eigenvalue weighted by Crippen LogP contribution is 2.39. The minimum absolute atomic E-state index is 0.0116. The molecule has 1 aliphatic carbocycles. The summed E-state index contributed by atoms with van der Waals surface area (Å²) in [7, 11) is 0. The molecule has 1 fully saturated rings. The molecule has 0 aromatic heterocycles. The fourth-order valence-corrected chi connectivity index (χ4v) is 5.74. The largest absolute Gasteiger partial charge is 0.506 e. The number of phenols is 1. The van der Waals surface area contributed by atoms with E-state index in [1.54, 1.807) is 18.2 Å². The van der Waals surface area contributed by atoms with E-state index in [4.69, 9.17) is 16.3 Å². The highest BCUT2D eigenvalue weighted by Gasteiger charge is 2.54. The average molecular weight is 755 g/mol. The second kappa shape index (κ2) is 19.0. The average Bonchev–Trinajstić information content (AvgIpc) is 3.07. The number of rotatable bonds is 14. The Hall–Kier alpha value is -3.96. The maximum absolute atomic E-state index is 13.9. The van der Waals surface area contributed by atoms with Crippen LogP contribution in [0, 0.1) is 5.82 Å². The highest BCUT2D eigenvalue weighted by atomic mass is 35.5. The van der Waals surface area contributed by atoms with E-state index in [0.29, 0.717) is 74.0 Å². The Balaban J connectivity index is 0.000000501. The van der Waals surface area contributed by atoms with Crippen LogP contribution >= 0.6 is 11.6 Å². The van der Waals surface area contributed by atoms with E-state index in [2.05, 4.69) is 16.0 Å². The molecule has 0 bridgehead atoms. The number of anilines is 1. The van der Waals surface area contributed by atoms with Gasteiger partial charge in [-0.05, 0) is 74.2 Å². The van der Waals surface area contributed by atoms with Crippen molar-refractivity contribution in [2.24, 2.45) is 0 Å². The van der Waals surface area contributed by atoms with E-state index in [-0.39, 0.29) is 36.0 Å². The molecule has 18 heteroatoms. The first-order valence-electron chi connectivity index (χ1n) is 16.1. The summed E-state index contributed by atoms with van der Waals surface area (Å²) in [5.74, 6) is -6.72. The van der Waals surface area contributed by atoms with E-state index in [1.807, 2.05) is 4.90 Å². The molecule has 2 aromatic carbocycles. The Kier molecular flexibility index (Phi) is 15.5. The molecule has 4 rings (SSSR count). The molecular formula is C33H38ClF7N4O6. The van der Waals surface area contributed by atoms with Crippen LogP contribution in [0.25, 0.3) is 0 Å². The highest BCUT2D eigenvalue weighted by molar-refractivity contribution is 6.41. The predicted octanol–water partition coefficient (Wildman–Crippen LogP) is 5.28. The van der Waals surface area contributed by atoms with Gasteiger partial charge in [-0.25, -0.2) is 4.39 Å². The molecule has 1 heterocycles. The van der Waals surface area contributed by atoms with Crippen LogP contribution < -0.4 is 20.7 Å². The zero-order chi connectivity index (χ0) is 37.8. The second-order valence-corrected chi connectivity index (χ2v) is 12.2. The van der Waals surface area contributed by atoms with Crippen LogP contribution in [-0.2, 0) is 32.0 Å². The van der Waals surface area contributed by atoms with Crippen LogP contribution in [0.3, 0.4) is 0 Å². The molecule has 282 valence electrons. The molecule has 2 amide bonds. The summed E-state index contributed by atoms with van der Waals surface area (Å²) < 4.78 is 86.4. The lowest BCUT2D eigenvalue weighted by Crippen LogP contribution is -2.45. The minimum atomic E-state index is -5.77. The summed E-state index contributed by atoms with van der Waals surface area (Å²) in [6, 6.07) is 8.20. The Morgan fingerprint density at radius 1 is 0.882 bits per heavy atom. The Labute approximate surface area is 294 Å². The van der Waals surface area contributed by atoms with Gasteiger partial charge in [0.15, 0.2) is 12.4 Å². The lowest BCUT2D eigenvalue weighted by molar-refractivity contribution is -0.193. The second-order valence-electron chi connectivity index (χ2n) is 11.8. The predicted molar refractivity (Wildman–Crippen MR) is 172 cm³/mol. The smallest absolute Gasteiger partial charge is 0.458 e. The van der Waals surface area contributed by atoms with Gasteiger partial charge in [0.05, 0.1) is 0 Å². The number of Topliss-reactive ketones (excluding diaryl/α,β-unsaturated/α-hetero) is 2. The summed E-state index contributed by atoms with van der Waals surface area (Å²) in [6.45, 7) is 3.02. The fraction of sp³-hybridized carbons (Fsp3) is 0.515. The lowest BCUT2D eigenvalue weighted by atomic mass is 9.94. The number of hydrogen-bond donors (Lipinski definition) is 4. The van der Waals surface area contributed by atoms with Gasteiger partial charge in [0.25, 0.3) is 5.91 Å². The molecule has 10 nitrogen and oxygen atoms in total. The third-order valence-corrected chi connectivity index (χ3v) is 8.32. The van der Waals surface area contributed by atoms with Crippen molar-refractivity contribution in [3.05, 3.63) is 52.3 Å². The molecule has 4 N–H and O–H groups in total. The van der Waals surface area contributed by atoms with Gasteiger partial charge < -0.3 is 30.7 Å². The third kappa shape index (κ3) is 12.9. The van der Waals surface area contributed by atoms with Gasteiger partial charge in [-0.3, -0.25) is 19.2 Å². The summed E-state index contributed by atoms with van der Waals surface area (Å²) >= 11 is 5.97. The van der Waals surface area contributed by atoms with Gasteiger partial charge >= 0.3 is 23.9 Å². The number of nitrogens with one attached hydrogen (secondary N) is 3. The molecule has 1 aliphatic heterocycles. The van der Waals surface area contributed by atoms with Crippen molar-refractivity contribution < 1.29 is 59.8 Å². The van der Waals surface area contributed by atoms with Crippen LogP contribution in [-0.4, -0.2) is 91.1 Å². The van der Waals surface area contributed by atoms with Crippen LogP contribution in [0.1, 0.15) is 49.7 Å². The number of ether oxygens (including phenoxy) is 1. The van der Waals surface area contributed by atoms with Crippen molar-refractivity contribution >= 4 is 40.7 Å². The number of hydrogen-bond acceptors (Lipinski definition) is 8. The van der Waals surface area contributed by atoms with Crippen LogP contribution in [0.2, 0.25) is 5.02 Å². The molecule has 0 unspecified atom stereocenters. The van der Waals surface area contributed by atoms with Crippen molar-refractivity contribution in [3.8, 4) is 11.5 Å². The van der Waals surface area contributed by atoms with E-state index < -0.39 is 23.9 Å². The Morgan fingerprint density at radius 3 is 2.12 bits per heavy atom. The zero-order valence-electron chi connectivity index (χ0n) is 27.3. The summed E-state index contributed by atoms with van der Waals surface area (Å²) in [5, 5.41) is 19.9. The summed E-state index contributed by atoms with van der Waals surface area (Å²) in [4.78, 5) is 46.1. The molecule has 0 spiro atoms. The lowest BCUT2D eigenvalue weighted by Gasteiger charge is -2.34. The van der Waals surface area contributed by atoms with Gasteiger partial charge in [0, 0.05) is 37.1 Å². The van der Waals surface area contributed by atoms with Crippen molar-refractivity contribution in [1.29, 1.82) is 0 Å². The van der Waals surface area contributed by atoms with Gasteiger partial charge in [0.2, 0.25) is 5.91 Å². The van der Waals surface area contributed by atoms with Crippen molar-refractivity contribution in [2.45, 2.75) is 69.8 Å². The minimum Gasteiger partial charge on any atom is -0.506 e. The van der Waals surface area contributed by atoms with Crippen LogP contribution in [0.15, 0.2) is 30.3 Å². The van der Waals surface area contributed by atoms with E-state index in [1.165, 1.54) is 18.6 Å². The number of carbonyl (C=O) groups is 4. The first-order chi connectivity index (χ1) is 24.0. The Morgan fingerprint density at radius 2 is 1.49 bits per heavy atom. The van der Waals surface area contributed by atoms with Crippen molar-refractivity contribution in [2.75, 3.05) is 44.6 Å². The van der Waals surface area contributed by atoms with E-state index >= 15 is 0 Å². The van der Waals surface area contributed by atoms with Crippen LogP contribution in [0.5, 0.6) is 11.5 Å². The monoisotopic (exact) mass is 754 g/mol. The quantitative estimate of drug-likeness (QED) is 0.0886. The number of fused-ring (bicyclic) bond motifs is 1. The molecular weight excluding hydrogens is 717 g/mol. The number of ketones is 2. The van der Waals surface area contributed by atoms with Gasteiger partial charge in [-0.2, -0.15) is 26.3 Å². The number of aromatic hydroxyl groups is 1. The number of halogens is 8. The van der Waals surface area contributed by atoms with Crippen molar-refractivity contribution in [3.63, 3.8) is 0 Å². The zero-order valence-corrected chi connectivity index (χ0v) is 28.1. The molecule has 2 aliphatic rings. The number of carbonyl (C=O) groups excluding carboxylic acids is 4. The first kappa shape index (κ1) is 41.5. The summed E-state index contributed by atoms with van der Waals surface area (Å²) in [5.41, 5.74) is 1.80. The van der Waals surface area contributed by atoms with Crippen LogP contribution in [0.4, 0.5) is 36.4 Å². The molecule has 0 saturated heterocycles. The SMILES string of the molecule is O=C(C(=O)C(F)(F)F)C(F)(F)F.O=C1COc2c(CCNCCN(C(=O)CCNCCc3cc(Cl)ccc3F)C3CCCCC3)ccc(O)c2N1.